The number of hydrogen-bond donors (Lipinski definition) is 0. The Morgan fingerprint density at radius 3 is 1.00 bits per heavy atom. The first kappa shape index (κ1) is 31.5. The maximum atomic E-state index is 2.31. The van der Waals surface area contributed by atoms with Crippen molar-refractivity contribution in [2.24, 2.45) is 0 Å². The largest absolute Gasteiger partial charge is 0.0683 e. The monoisotopic (exact) mass is 584 g/mol. The molecule has 7 aromatic rings. The summed E-state index contributed by atoms with van der Waals surface area (Å²) in [5.41, 5.74) is 13.7. The summed E-state index contributed by atoms with van der Waals surface area (Å²) in [6, 6.07) is 52.5. The van der Waals surface area contributed by atoms with Gasteiger partial charge < -0.3 is 0 Å². The van der Waals surface area contributed by atoms with E-state index in [9.17, 15) is 0 Å². The molecule has 0 aliphatic heterocycles. The normalized spacial score (nSPS) is 10.8. The van der Waals surface area contributed by atoms with E-state index in [1.54, 1.807) is 0 Å². The summed E-state index contributed by atoms with van der Waals surface area (Å²) < 4.78 is 0. The van der Waals surface area contributed by atoms with E-state index in [2.05, 4.69) is 159 Å². The van der Waals surface area contributed by atoms with Gasteiger partial charge in [0.2, 0.25) is 0 Å². The molecule has 1 aliphatic rings. The van der Waals surface area contributed by atoms with Crippen LogP contribution in [0.15, 0.2) is 146 Å². The lowest BCUT2D eigenvalue weighted by atomic mass is 9.86. The fourth-order valence-electron chi connectivity index (χ4n) is 6.43. The Labute approximate surface area is 270 Å². The Kier molecular flexibility index (Phi) is 10.3. The summed E-state index contributed by atoms with van der Waals surface area (Å²) in [4.78, 5) is 0. The highest BCUT2D eigenvalue weighted by Gasteiger charge is 2.18. The Bertz CT molecular complexity index is 1810. The van der Waals surface area contributed by atoms with Gasteiger partial charge in [-0.05, 0) is 86.3 Å². The van der Waals surface area contributed by atoms with Gasteiger partial charge in [-0.15, -0.1) is 0 Å². The predicted molar refractivity (Wildman–Crippen MR) is 199 cm³/mol. The first-order chi connectivity index (χ1) is 22.2. The van der Waals surface area contributed by atoms with Crippen LogP contribution in [0.4, 0.5) is 0 Å². The van der Waals surface area contributed by atoms with E-state index in [0.717, 1.165) is 6.42 Å². The minimum Gasteiger partial charge on any atom is -0.0683 e. The lowest BCUT2D eigenvalue weighted by molar-refractivity contribution is 1.24. The smallest absolute Gasteiger partial charge is 0.00133 e. The Hall–Kier alpha value is -4.94. The minimum atomic E-state index is 1.11. The van der Waals surface area contributed by atoms with Crippen molar-refractivity contribution in [3.05, 3.63) is 168 Å². The third-order valence-corrected chi connectivity index (χ3v) is 8.25. The van der Waals surface area contributed by atoms with Gasteiger partial charge in [-0.1, -0.05) is 184 Å². The molecule has 0 unspecified atom stereocenters. The lowest BCUT2D eigenvalue weighted by Gasteiger charge is -2.17. The summed E-state index contributed by atoms with van der Waals surface area (Å²) >= 11 is 0. The molecule has 1 aliphatic carbocycles. The average molecular weight is 585 g/mol. The predicted octanol–water partition coefficient (Wildman–Crippen LogP) is 13.3. The molecule has 0 saturated carbocycles. The van der Waals surface area contributed by atoms with E-state index < -0.39 is 0 Å². The van der Waals surface area contributed by atoms with Crippen molar-refractivity contribution < 1.29 is 0 Å². The summed E-state index contributed by atoms with van der Waals surface area (Å²) in [5.74, 6) is 0. The molecule has 0 atom stereocenters. The number of rotatable bonds is 2. The van der Waals surface area contributed by atoms with E-state index in [1.165, 1.54) is 77.2 Å². The second-order valence-electron chi connectivity index (χ2n) is 11.1. The number of benzene rings is 7. The molecule has 0 bridgehead atoms. The Balaban J connectivity index is 0.000000179. The topological polar surface area (TPSA) is 0 Å². The highest BCUT2D eigenvalue weighted by atomic mass is 14.2. The zero-order valence-corrected chi connectivity index (χ0v) is 27.6. The molecule has 224 valence electrons. The second-order valence-corrected chi connectivity index (χ2v) is 11.1. The van der Waals surface area contributed by atoms with Gasteiger partial charge >= 0.3 is 0 Å². The molecule has 0 aromatic heterocycles. The number of fused-ring (bicyclic) bond motifs is 5. The van der Waals surface area contributed by atoms with Crippen LogP contribution in [0.1, 0.15) is 49.9 Å². The molecule has 0 saturated heterocycles. The quantitative estimate of drug-likeness (QED) is 0.177. The molecule has 0 amide bonds. The summed E-state index contributed by atoms with van der Waals surface area (Å²) in [5, 5.41) is 5.21. The van der Waals surface area contributed by atoms with Crippen molar-refractivity contribution in [3.8, 4) is 33.4 Å². The lowest BCUT2D eigenvalue weighted by Crippen LogP contribution is -1.90. The van der Waals surface area contributed by atoms with Crippen LogP contribution in [0.2, 0.25) is 0 Å². The molecule has 45 heavy (non-hydrogen) atoms. The number of hydrogen-bond acceptors (Lipinski definition) is 0. The van der Waals surface area contributed by atoms with Crippen LogP contribution in [0.3, 0.4) is 0 Å². The number of aryl methyl sites for hydroxylation is 2. The van der Waals surface area contributed by atoms with Gasteiger partial charge in [-0.3, -0.25) is 0 Å². The van der Waals surface area contributed by atoms with E-state index in [0.29, 0.717) is 0 Å². The molecule has 0 spiro atoms. The van der Waals surface area contributed by atoms with E-state index in [-0.39, 0.29) is 0 Å². The van der Waals surface area contributed by atoms with Gasteiger partial charge in [0.05, 0.1) is 0 Å². The SMILES string of the molecule is CC.CC.Cc1ccc2c(c1)Cc1cc(C)ccc1-2.c1ccc(-c2c3ccccc3c(-c3ccccc3)c3ccccc23)cc1. The van der Waals surface area contributed by atoms with E-state index in [4.69, 9.17) is 0 Å². The van der Waals surface area contributed by atoms with E-state index in [1.807, 2.05) is 27.7 Å². The van der Waals surface area contributed by atoms with Crippen LogP contribution < -0.4 is 0 Å². The molecular weight excluding hydrogens is 540 g/mol. The minimum absolute atomic E-state index is 1.11. The summed E-state index contributed by atoms with van der Waals surface area (Å²) in [6.45, 7) is 12.3. The third kappa shape index (κ3) is 6.47. The van der Waals surface area contributed by atoms with Crippen LogP contribution in [-0.2, 0) is 6.42 Å². The van der Waals surface area contributed by atoms with Crippen LogP contribution in [-0.4, -0.2) is 0 Å². The highest BCUT2D eigenvalue weighted by molar-refractivity contribution is 6.21. The zero-order valence-electron chi connectivity index (χ0n) is 27.6. The van der Waals surface area contributed by atoms with Gasteiger partial charge in [0, 0.05) is 0 Å². The van der Waals surface area contributed by atoms with Gasteiger partial charge in [-0.25, -0.2) is 0 Å². The third-order valence-electron chi connectivity index (χ3n) is 8.25. The molecule has 0 heterocycles. The Morgan fingerprint density at radius 2 is 0.667 bits per heavy atom. The van der Waals surface area contributed by atoms with Gasteiger partial charge in [0.1, 0.15) is 0 Å². The molecule has 8 rings (SSSR count). The molecule has 0 heteroatoms. The van der Waals surface area contributed by atoms with Gasteiger partial charge in [0.25, 0.3) is 0 Å². The highest BCUT2D eigenvalue weighted by Crippen LogP contribution is 2.43. The van der Waals surface area contributed by atoms with Crippen molar-refractivity contribution >= 4 is 21.5 Å². The maximum Gasteiger partial charge on any atom is -0.00133 e. The molecule has 0 nitrogen and oxygen atoms in total. The fourth-order valence-corrected chi connectivity index (χ4v) is 6.43. The molecular formula is C45H44. The molecule has 7 aromatic carbocycles. The summed E-state index contributed by atoms with van der Waals surface area (Å²) in [7, 11) is 0. The standard InChI is InChI=1S/C26H18.C15H14.2C2H6/c1-3-11-19(12-4-1)25-21-15-7-9-17-23(21)26(20-13-5-2-6-14-20)24-18-10-8-16-22(24)25;1-10-3-5-14-12(7-10)9-13-8-11(2)4-6-15(13)14;2*1-2/h1-18H;3-8H,9H2,1-2H3;2*1-2H3. The van der Waals surface area contributed by atoms with Crippen molar-refractivity contribution in [1.29, 1.82) is 0 Å². The van der Waals surface area contributed by atoms with Crippen LogP contribution >= 0.6 is 0 Å². The van der Waals surface area contributed by atoms with Crippen LogP contribution in [0, 0.1) is 13.8 Å². The van der Waals surface area contributed by atoms with Crippen molar-refractivity contribution in [1.82, 2.24) is 0 Å². The van der Waals surface area contributed by atoms with Gasteiger partial charge in [-0.2, -0.15) is 0 Å². The maximum absolute atomic E-state index is 2.31. The summed E-state index contributed by atoms with van der Waals surface area (Å²) in [6.07, 6.45) is 1.11. The van der Waals surface area contributed by atoms with E-state index >= 15 is 0 Å². The second kappa shape index (κ2) is 14.7. The van der Waals surface area contributed by atoms with Crippen molar-refractivity contribution in [2.45, 2.75) is 48.0 Å². The molecule has 0 N–H and O–H groups in total. The fraction of sp³-hybridized carbons (Fsp3) is 0.156. The van der Waals surface area contributed by atoms with Crippen LogP contribution in [0.25, 0.3) is 54.9 Å². The average Bonchev–Trinajstić information content (AvgIpc) is 3.46. The molecule has 0 radical (unpaired) electrons. The van der Waals surface area contributed by atoms with Gasteiger partial charge in [0.15, 0.2) is 0 Å². The first-order valence-electron chi connectivity index (χ1n) is 16.4. The van der Waals surface area contributed by atoms with Crippen molar-refractivity contribution in [2.75, 3.05) is 0 Å². The molecule has 0 fully saturated rings. The Morgan fingerprint density at radius 1 is 0.356 bits per heavy atom. The van der Waals surface area contributed by atoms with Crippen LogP contribution in [0.5, 0.6) is 0 Å². The first-order valence-corrected chi connectivity index (χ1v) is 16.4. The van der Waals surface area contributed by atoms with Crippen molar-refractivity contribution in [3.63, 3.8) is 0 Å². The zero-order chi connectivity index (χ0) is 31.8.